The van der Waals surface area contributed by atoms with Crippen molar-refractivity contribution in [3.63, 3.8) is 0 Å². The Hall–Kier alpha value is -1.05. The molecular weight excluding hydrogens is 184 g/mol. The number of nitrogens with zero attached hydrogens (tertiary/aromatic N) is 2. The van der Waals surface area contributed by atoms with Crippen molar-refractivity contribution >= 4 is 0 Å². The standard InChI is InChI=1S/C13H18N2/c1-9-7-12(10(9)2)11-3-5-15-6-4-14-13(15)8-11/h4,6,9,11-12H,2-3,5,7-8H2,1H3. The number of hydrogen-bond donors (Lipinski definition) is 0. The van der Waals surface area contributed by atoms with E-state index < -0.39 is 0 Å². The van der Waals surface area contributed by atoms with Crippen LogP contribution in [0.2, 0.25) is 0 Å². The van der Waals surface area contributed by atoms with Gasteiger partial charge < -0.3 is 4.57 Å². The van der Waals surface area contributed by atoms with Gasteiger partial charge in [-0.15, -0.1) is 0 Å². The van der Waals surface area contributed by atoms with Crippen molar-refractivity contribution in [3.05, 3.63) is 30.4 Å². The Balaban J connectivity index is 1.74. The van der Waals surface area contributed by atoms with Crippen LogP contribution in [0.4, 0.5) is 0 Å². The zero-order valence-corrected chi connectivity index (χ0v) is 9.32. The fourth-order valence-corrected chi connectivity index (χ4v) is 3.10. The van der Waals surface area contributed by atoms with Gasteiger partial charge in [-0.1, -0.05) is 19.1 Å². The van der Waals surface area contributed by atoms with Gasteiger partial charge in [-0.3, -0.25) is 0 Å². The third kappa shape index (κ3) is 1.35. The van der Waals surface area contributed by atoms with Crippen LogP contribution in [0.3, 0.4) is 0 Å². The lowest BCUT2D eigenvalue weighted by Gasteiger charge is -2.43. The molecule has 3 rings (SSSR count). The maximum absolute atomic E-state index is 4.43. The Morgan fingerprint density at radius 3 is 3.13 bits per heavy atom. The van der Waals surface area contributed by atoms with Gasteiger partial charge in [0.05, 0.1) is 0 Å². The van der Waals surface area contributed by atoms with Crippen molar-refractivity contribution in [2.45, 2.75) is 32.7 Å². The molecule has 1 aliphatic carbocycles. The van der Waals surface area contributed by atoms with Gasteiger partial charge in [-0.25, -0.2) is 4.98 Å². The van der Waals surface area contributed by atoms with E-state index in [1.54, 1.807) is 0 Å². The Morgan fingerprint density at radius 1 is 1.53 bits per heavy atom. The molecule has 0 N–H and O–H groups in total. The minimum absolute atomic E-state index is 0.761. The minimum atomic E-state index is 0.761. The lowest BCUT2D eigenvalue weighted by molar-refractivity contribution is 0.198. The number of fused-ring (bicyclic) bond motifs is 1. The monoisotopic (exact) mass is 202 g/mol. The van der Waals surface area contributed by atoms with E-state index >= 15 is 0 Å². The van der Waals surface area contributed by atoms with Gasteiger partial charge in [-0.2, -0.15) is 0 Å². The van der Waals surface area contributed by atoms with E-state index in [0.717, 1.165) is 30.7 Å². The van der Waals surface area contributed by atoms with Crippen LogP contribution >= 0.6 is 0 Å². The third-order valence-electron chi connectivity index (χ3n) is 4.27. The molecule has 1 saturated carbocycles. The maximum Gasteiger partial charge on any atom is 0.108 e. The average Bonchev–Trinajstić information content (AvgIpc) is 2.72. The lowest BCUT2D eigenvalue weighted by Crippen LogP contribution is -2.35. The van der Waals surface area contributed by atoms with Gasteiger partial charge in [0.1, 0.15) is 5.82 Å². The van der Waals surface area contributed by atoms with Crippen LogP contribution in [-0.4, -0.2) is 9.55 Å². The summed E-state index contributed by atoms with van der Waals surface area (Å²) in [4.78, 5) is 4.43. The predicted molar refractivity (Wildman–Crippen MR) is 60.4 cm³/mol. The van der Waals surface area contributed by atoms with E-state index in [4.69, 9.17) is 0 Å². The molecule has 0 aromatic carbocycles. The van der Waals surface area contributed by atoms with Crippen LogP contribution in [0, 0.1) is 17.8 Å². The zero-order valence-electron chi connectivity index (χ0n) is 9.32. The highest BCUT2D eigenvalue weighted by Crippen LogP contribution is 2.45. The van der Waals surface area contributed by atoms with Crippen molar-refractivity contribution in [2.24, 2.45) is 17.8 Å². The molecule has 3 atom stereocenters. The molecule has 3 unspecified atom stereocenters. The molecule has 0 amide bonds. The summed E-state index contributed by atoms with van der Waals surface area (Å²) in [6, 6.07) is 0. The number of imidazole rings is 1. The topological polar surface area (TPSA) is 17.8 Å². The summed E-state index contributed by atoms with van der Waals surface area (Å²) < 4.78 is 2.29. The van der Waals surface area contributed by atoms with Crippen LogP contribution in [-0.2, 0) is 13.0 Å². The maximum atomic E-state index is 4.43. The van der Waals surface area contributed by atoms with E-state index in [-0.39, 0.29) is 0 Å². The highest BCUT2D eigenvalue weighted by molar-refractivity contribution is 5.17. The van der Waals surface area contributed by atoms with E-state index in [1.165, 1.54) is 24.2 Å². The molecule has 15 heavy (non-hydrogen) atoms. The zero-order chi connectivity index (χ0) is 10.4. The Labute approximate surface area is 91.0 Å². The van der Waals surface area contributed by atoms with Crippen LogP contribution in [0.15, 0.2) is 24.5 Å². The van der Waals surface area contributed by atoms with Crippen molar-refractivity contribution < 1.29 is 0 Å². The van der Waals surface area contributed by atoms with Gasteiger partial charge in [0.15, 0.2) is 0 Å². The molecular formula is C13H18N2. The fraction of sp³-hybridized carbons (Fsp3) is 0.615. The molecule has 1 fully saturated rings. The first-order valence-corrected chi connectivity index (χ1v) is 5.94. The van der Waals surface area contributed by atoms with Crippen LogP contribution in [0.1, 0.15) is 25.6 Å². The van der Waals surface area contributed by atoms with Crippen LogP contribution in [0.25, 0.3) is 0 Å². The predicted octanol–water partition coefficient (Wildman–Crippen LogP) is 2.66. The summed E-state index contributed by atoms with van der Waals surface area (Å²) in [6.45, 7) is 7.66. The molecule has 0 spiro atoms. The molecule has 2 aliphatic rings. The van der Waals surface area contributed by atoms with Gasteiger partial charge in [0, 0.05) is 25.4 Å². The number of allylic oxidation sites excluding steroid dienone is 1. The number of aryl methyl sites for hydroxylation is 1. The Morgan fingerprint density at radius 2 is 2.40 bits per heavy atom. The number of hydrogen-bond acceptors (Lipinski definition) is 1. The summed E-state index contributed by atoms with van der Waals surface area (Å²) >= 11 is 0. The van der Waals surface area contributed by atoms with Crippen molar-refractivity contribution in [1.82, 2.24) is 9.55 Å². The average molecular weight is 202 g/mol. The van der Waals surface area contributed by atoms with Crippen molar-refractivity contribution in [1.29, 1.82) is 0 Å². The Kier molecular flexibility index (Phi) is 1.98. The second-order valence-corrected chi connectivity index (χ2v) is 5.11. The first kappa shape index (κ1) is 9.20. The normalized spacial score (nSPS) is 34.7. The Bertz CT molecular complexity index is 391. The molecule has 0 saturated heterocycles. The van der Waals surface area contributed by atoms with E-state index in [2.05, 4.69) is 29.3 Å². The molecule has 80 valence electrons. The minimum Gasteiger partial charge on any atom is -0.335 e. The fourth-order valence-electron chi connectivity index (χ4n) is 3.10. The molecule has 0 radical (unpaired) electrons. The van der Waals surface area contributed by atoms with E-state index in [0.29, 0.717) is 0 Å². The second kappa shape index (κ2) is 3.22. The highest BCUT2D eigenvalue weighted by atomic mass is 15.1. The van der Waals surface area contributed by atoms with Crippen molar-refractivity contribution in [3.8, 4) is 0 Å². The van der Waals surface area contributed by atoms with Crippen LogP contribution in [0.5, 0.6) is 0 Å². The number of rotatable bonds is 1. The summed E-state index contributed by atoms with van der Waals surface area (Å²) in [5.41, 5.74) is 1.49. The quantitative estimate of drug-likeness (QED) is 0.640. The van der Waals surface area contributed by atoms with Gasteiger partial charge in [0.25, 0.3) is 0 Å². The van der Waals surface area contributed by atoms with Gasteiger partial charge in [0.2, 0.25) is 0 Å². The summed E-state index contributed by atoms with van der Waals surface area (Å²) in [5, 5.41) is 0. The first-order valence-electron chi connectivity index (χ1n) is 5.94. The van der Waals surface area contributed by atoms with Gasteiger partial charge in [-0.05, 0) is 30.6 Å². The highest BCUT2D eigenvalue weighted by Gasteiger charge is 2.37. The second-order valence-electron chi connectivity index (χ2n) is 5.11. The molecule has 1 aliphatic heterocycles. The van der Waals surface area contributed by atoms with E-state index in [9.17, 15) is 0 Å². The summed E-state index contributed by atoms with van der Waals surface area (Å²) in [5.74, 6) is 3.63. The van der Waals surface area contributed by atoms with E-state index in [1.807, 2.05) is 6.20 Å². The summed E-state index contributed by atoms with van der Waals surface area (Å²) in [7, 11) is 0. The molecule has 1 aromatic heterocycles. The molecule has 2 heteroatoms. The first-order chi connectivity index (χ1) is 7.25. The van der Waals surface area contributed by atoms with Crippen LogP contribution < -0.4 is 0 Å². The van der Waals surface area contributed by atoms with Gasteiger partial charge >= 0.3 is 0 Å². The van der Waals surface area contributed by atoms with Crippen molar-refractivity contribution in [2.75, 3.05) is 0 Å². The molecule has 0 bridgehead atoms. The molecule has 2 heterocycles. The molecule has 2 nitrogen and oxygen atoms in total. The third-order valence-corrected chi connectivity index (χ3v) is 4.27. The largest absolute Gasteiger partial charge is 0.335 e. The lowest BCUT2D eigenvalue weighted by atomic mass is 9.64. The summed E-state index contributed by atoms with van der Waals surface area (Å²) in [6.07, 6.45) is 7.84. The smallest absolute Gasteiger partial charge is 0.108 e. The number of aromatic nitrogens is 2. The molecule has 1 aromatic rings. The SMILES string of the molecule is C=C1C(C)CC1C1CCn2ccnc2C1.